The van der Waals surface area contributed by atoms with E-state index in [1.165, 1.54) is 6.33 Å². The van der Waals surface area contributed by atoms with Gasteiger partial charge in [0.2, 0.25) is 11.6 Å². The van der Waals surface area contributed by atoms with Gasteiger partial charge in [0, 0.05) is 19.1 Å². The van der Waals surface area contributed by atoms with E-state index in [1.807, 2.05) is 18.7 Å². The van der Waals surface area contributed by atoms with Gasteiger partial charge in [-0.2, -0.15) is 0 Å². The third-order valence-electron chi connectivity index (χ3n) is 2.82. The smallest absolute Gasteiger partial charge is 0.353 e. The van der Waals surface area contributed by atoms with Gasteiger partial charge in [0.05, 0.1) is 4.92 Å². The van der Waals surface area contributed by atoms with Crippen LogP contribution >= 0.6 is 0 Å². The minimum atomic E-state index is -0.404. The van der Waals surface area contributed by atoms with Crippen LogP contribution in [-0.4, -0.2) is 34.0 Å². The highest BCUT2D eigenvalue weighted by atomic mass is 16.6. The fourth-order valence-corrected chi connectivity index (χ4v) is 2.08. The van der Waals surface area contributed by atoms with E-state index in [0.29, 0.717) is 11.6 Å². The molecule has 98 valence electrons. The Balaban J connectivity index is 2.41. The zero-order valence-corrected chi connectivity index (χ0v) is 10.6. The van der Waals surface area contributed by atoms with Crippen LogP contribution < -0.4 is 10.2 Å². The highest BCUT2D eigenvalue weighted by Crippen LogP contribution is 2.33. The monoisotopic (exact) mass is 251 g/mol. The fraction of sp³-hybridized carbons (Fsp3) is 0.636. The van der Waals surface area contributed by atoms with Crippen LogP contribution in [-0.2, 0) is 0 Å². The standard InChI is InChI=1S/C11H17N5O2/c1-8(2)14-10-9(16(17)18)11(13-7-12-10)15-5-3-4-6-15/h7-8H,3-6H2,1-2H3,(H,12,13,14). The third kappa shape index (κ3) is 2.49. The molecule has 1 aliphatic rings. The molecule has 0 radical (unpaired) electrons. The van der Waals surface area contributed by atoms with Crippen LogP contribution in [0, 0.1) is 10.1 Å². The van der Waals surface area contributed by atoms with Crippen molar-refractivity contribution in [3.8, 4) is 0 Å². The topological polar surface area (TPSA) is 84.2 Å². The van der Waals surface area contributed by atoms with Crippen molar-refractivity contribution in [2.24, 2.45) is 0 Å². The molecule has 0 atom stereocenters. The Morgan fingerprint density at radius 1 is 1.39 bits per heavy atom. The van der Waals surface area contributed by atoms with Gasteiger partial charge in [0.25, 0.3) is 0 Å². The van der Waals surface area contributed by atoms with Crippen LogP contribution in [0.3, 0.4) is 0 Å². The number of hydrogen-bond donors (Lipinski definition) is 1. The molecular weight excluding hydrogens is 234 g/mol. The second kappa shape index (κ2) is 5.16. The number of rotatable bonds is 4. The lowest BCUT2D eigenvalue weighted by molar-refractivity contribution is -0.383. The number of nitro groups is 1. The molecular formula is C11H17N5O2. The zero-order valence-electron chi connectivity index (χ0n) is 10.6. The Morgan fingerprint density at radius 3 is 2.61 bits per heavy atom. The maximum atomic E-state index is 11.2. The van der Waals surface area contributed by atoms with Crippen molar-refractivity contribution in [3.63, 3.8) is 0 Å². The van der Waals surface area contributed by atoms with Crippen molar-refractivity contribution in [1.82, 2.24) is 9.97 Å². The first-order valence-corrected chi connectivity index (χ1v) is 6.10. The van der Waals surface area contributed by atoms with Gasteiger partial charge in [-0.15, -0.1) is 0 Å². The first-order valence-electron chi connectivity index (χ1n) is 6.10. The van der Waals surface area contributed by atoms with Crippen molar-refractivity contribution < 1.29 is 4.92 Å². The Kier molecular flexibility index (Phi) is 3.59. The van der Waals surface area contributed by atoms with Crippen LogP contribution in [0.5, 0.6) is 0 Å². The minimum Gasteiger partial charge on any atom is -0.362 e. The van der Waals surface area contributed by atoms with Crippen molar-refractivity contribution in [1.29, 1.82) is 0 Å². The Hall–Kier alpha value is -1.92. The minimum absolute atomic E-state index is 0.0203. The van der Waals surface area contributed by atoms with E-state index in [1.54, 1.807) is 0 Å². The molecule has 1 N–H and O–H groups in total. The normalized spacial score (nSPS) is 15.2. The van der Waals surface area contributed by atoms with Gasteiger partial charge in [-0.3, -0.25) is 10.1 Å². The average Bonchev–Trinajstić information content (AvgIpc) is 2.80. The molecule has 0 aromatic carbocycles. The molecule has 1 aromatic heterocycles. The van der Waals surface area contributed by atoms with E-state index in [0.717, 1.165) is 25.9 Å². The predicted molar refractivity (Wildman–Crippen MR) is 68.9 cm³/mol. The van der Waals surface area contributed by atoms with Gasteiger partial charge in [0.1, 0.15) is 6.33 Å². The highest BCUT2D eigenvalue weighted by Gasteiger charge is 2.28. The van der Waals surface area contributed by atoms with Crippen molar-refractivity contribution in [3.05, 3.63) is 16.4 Å². The first kappa shape index (κ1) is 12.5. The van der Waals surface area contributed by atoms with E-state index in [4.69, 9.17) is 0 Å². The lowest BCUT2D eigenvalue weighted by Crippen LogP contribution is -2.22. The molecule has 0 saturated carbocycles. The van der Waals surface area contributed by atoms with Gasteiger partial charge >= 0.3 is 5.69 Å². The van der Waals surface area contributed by atoms with E-state index in [2.05, 4.69) is 15.3 Å². The fourth-order valence-electron chi connectivity index (χ4n) is 2.08. The summed E-state index contributed by atoms with van der Waals surface area (Å²) in [5, 5.41) is 14.2. The number of anilines is 2. The molecule has 0 unspecified atom stereocenters. The molecule has 7 nitrogen and oxygen atoms in total. The maximum absolute atomic E-state index is 11.2. The molecule has 0 spiro atoms. The van der Waals surface area contributed by atoms with Crippen molar-refractivity contribution in [2.75, 3.05) is 23.3 Å². The first-order chi connectivity index (χ1) is 8.59. The summed E-state index contributed by atoms with van der Waals surface area (Å²) < 4.78 is 0. The summed E-state index contributed by atoms with van der Waals surface area (Å²) in [5.74, 6) is 0.725. The number of aromatic nitrogens is 2. The molecule has 0 aliphatic carbocycles. The van der Waals surface area contributed by atoms with E-state index >= 15 is 0 Å². The summed E-state index contributed by atoms with van der Waals surface area (Å²) in [6.07, 6.45) is 3.48. The van der Waals surface area contributed by atoms with Crippen molar-refractivity contribution in [2.45, 2.75) is 32.7 Å². The van der Waals surface area contributed by atoms with Gasteiger partial charge in [-0.05, 0) is 26.7 Å². The lowest BCUT2D eigenvalue weighted by atomic mass is 10.3. The molecule has 1 aliphatic heterocycles. The molecule has 18 heavy (non-hydrogen) atoms. The number of nitrogens with one attached hydrogen (secondary N) is 1. The van der Waals surface area contributed by atoms with Gasteiger partial charge in [0.15, 0.2) is 0 Å². The molecule has 1 aromatic rings. The molecule has 2 heterocycles. The second-order valence-electron chi connectivity index (χ2n) is 4.64. The molecule has 1 fully saturated rings. The number of hydrogen-bond acceptors (Lipinski definition) is 6. The average molecular weight is 251 g/mol. The Labute approximate surface area is 105 Å². The summed E-state index contributed by atoms with van der Waals surface area (Å²) in [5.41, 5.74) is -0.0203. The highest BCUT2D eigenvalue weighted by molar-refractivity contribution is 5.70. The van der Waals surface area contributed by atoms with Gasteiger partial charge in [-0.1, -0.05) is 0 Å². The summed E-state index contributed by atoms with van der Waals surface area (Å²) in [4.78, 5) is 20.8. The van der Waals surface area contributed by atoms with Gasteiger partial charge < -0.3 is 10.2 Å². The van der Waals surface area contributed by atoms with E-state index < -0.39 is 4.92 Å². The largest absolute Gasteiger partial charge is 0.362 e. The van der Waals surface area contributed by atoms with Crippen LogP contribution in [0.15, 0.2) is 6.33 Å². The predicted octanol–water partition coefficient (Wildman–Crippen LogP) is 1.81. The molecule has 2 rings (SSSR count). The van der Waals surface area contributed by atoms with Crippen LogP contribution in [0.2, 0.25) is 0 Å². The maximum Gasteiger partial charge on any atom is 0.353 e. The van der Waals surface area contributed by atoms with Gasteiger partial charge in [-0.25, -0.2) is 9.97 Å². The van der Waals surface area contributed by atoms with Crippen molar-refractivity contribution >= 4 is 17.3 Å². The quantitative estimate of drug-likeness (QED) is 0.649. The molecule has 7 heteroatoms. The second-order valence-corrected chi connectivity index (χ2v) is 4.64. The summed E-state index contributed by atoms with van der Waals surface area (Å²) in [7, 11) is 0. The SMILES string of the molecule is CC(C)Nc1ncnc(N2CCCC2)c1[N+](=O)[O-]. The molecule has 1 saturated heterocycles. The van der Waals surface area contributed by atoms with E-state index in [-0.39, 0.29) is 11.7 Å². The molecule has 0 amide bonds. The van der Waals surface area contributed by atoms with Crippen LogP contribution in [0.4, 0.5) is 17.3 Å². The summed E-state index contributed by atoms with van der Waals surface area (Å²) in [6, 6.07) is 0.0880. The van der Waals surface area contributed by atoms with Crippen LogP contribution in [0.25, 0.3) is 0 Å². The Morgan fingerprint density at radius 2 is 2.06 bits per heavy atom. The third-order valence-corrected chi connectivity index (χ3v) is 2.82. The zero-order chi connectivity index (χ0) is 13.1. The van der Waals surface area contributed by atoms with Crippen LogP contribution in [0.1, 0.15) is 26.7 Å². The lowest BCUT2D eigenvalue weighted by Gasteiger charge is -2.17. The number of nitrogens with zero attached hydrogens (tertiary/aromatic N) is 4. The summed E-state index contributed by atoms with van der Waals surface area (Å²) >= 11 is 0. The summed E-state index contributed by atoms with van der Waals surface area (Å²) in [6.45, 7) is 5.47. The molecule has 0 bridgehead atoms. The Bertz CT molecular complexity index is 443. The van der Waals surface area contributed by atoms with E-state index in [9.17, 15) is 10.1 Å².